The lowest BCUT2D eigenvalue weighted by Gasteiger charge is -2.02. The van der Waals surface area contributed by atoms with Crippen LogP contribution in [0.15, 0.2) is 48.5 Å². The van der Waals surface area contributed by atoms with E-state index in [4.69, 9.17) is 0 Å². The monoisotopic (exact) mass is 305 g/mol. The molecule has 116 valence electrons. The third-order valence-corrected chi connectivity index (χ3v) is 3.35. The van der Waals surface area contributed by atoms with Gasteiger partial charge in [0, 0.05) is 11.1 Å². The van der Waals surface area contributed by atoms with Crippen LogP contribution in [-0.4, -0.2) is 18.2 Å². The second kappa shape index (κ2) is 7.95. The first-order chi connectivity index (χ1) is 11.0. The van der Waals surface area contributed by atoms with E-state index < -0.39 is 0 Å². The van der Waals surface area contributed by atoms with Crippen LogP contribution in [0.4, 0.5) is 0 Å². The molecule has 0 aliphatic carbocycles. The Kier molecular flexibility index (Phi) is 5.71. The Bertz CT molecular complexity index is 764. The summed E-state index contributed by atoms with van der Waals surface area (Å²) in [6, 6.07) is 15.0. The van der Waals surface area contributed by atoms with Crippen LogP contribution in [0.1, 0.15) is 34.0 Å². The van der Waals surface area contributed by atoms with Crippen molar-refractivity contribution < 1.29 is 9.59 Å². The van der Waals surface area contributed by atoms with Crippen molar-refractivity contribution in [2.24, 2.45) is 0 Å². The van der Waals surface area contributed by atoms with Crippen molar-refractivity contribution in [1.29, 1.82) is 0 Å². The van der Waals surface area contributed by atoms with Gasteiger partial charge in [0.25, 0.3) is 0 Å². The van der Waals surface area contributed by atoms with E-state index in [2.05, 4.69) is 17.2 Å². The molecule has 2 aromatic carbocycles. The van der Waals surface area contributed by atoms with Gasteiger partial charge in [-0.25, -0.2) is 0 Å². The average molecular weight is 305 g/mol. The van der Waals surface area contributed by atoms with Crippen molar-refractivity contribution in [3.8, 4) is 11.8 Å². The molecule has 0 radical (unpaired) electrons. The van der Waals surface area contributed by atoms with Crippen molar-refractivity contribution in [1.82, 2.24) is 5.32 Å². The Hall–Kier alpha value is -2.86. The van der Waals surface area contributed by atoms with Crippen molar-refractivity contribution >= 4 is 11.7 Å². The van der Waals surface area contributed by atoms with E-state index in [1.807, 2.05) is 31.2 Å². The van der Waals surface area contributed by atoms with E-state index >= 15 is 0 Å². The fourth-order valence-electron chi connectivity index (χ4n) is 2.15. The van der Waals surface area contributed by atoms with Gasteiger partial charge in [-0.1, -0.05) is 53.8 Å². The summed E-state index contributed by atoms with van der Waals surface area (Å²) in [5, 5.41) is 2.78. The third kappa shape index (κ3) is 5.44. The van der Waals surface area contributed by atoms with E-state index in [0.29, 0.717) is 18.5 Å². The number of Topliss-reactive ketones (excluding diaryl/α,β-unsaturated/α-hetero) is 1. The molecule has 3 nitrogen and oxygen atoms in total. The molecule has 0 fully saturated rings. The van der Waals surface area contributed by atoms with Crippen molar-refractivity contribution in [3.63, 3.8) is 0 Å². The van der Waals surface area contributed by atoms with Crippen LogP contribution in [0.5, 0.6) is 0 Å². The number of ketones is 1. The van der Waals surface area contributed by atoms with Gasteiger partial charge in [0.15, 0.2) is 5.78 Å². The van der Waals surface area contributed by atoms with Crippen LogP contribution in [0.25, 0.3) is 0 Å². The molecule has 0 bridgehead atoms. The SMILES string of the molecule is CC(=O)c1ccc(C#CCNC(=O)Cc2cccc(C)c2)cc1. The Labute approximate surface area is 136 Å². The van der Waals surface area contributed by atoms with Crippen LogP contribution < -0.4 is 5.32 Å². The first-order valence-corrected chi connectivity index (χ1v) is 7.47. The summed E-state index contributed by atoms with van der Waals surface area (Å²) in [4.78, 5) is 23.0. The Balaban J connectivity index is 1.83. The Morgan fingerprint density at radius 1 is 1.09 bits per heavy atom. The number of amides is 1. The smallest absolute Gasteiger partial charge is 0.225 e. The summed E-state index contributed by atoms with van der Waals surface area (Å²) in [6.45, 7) is 3.84. The standard InChI is InChI=1S/C20H19NO2/c1-15-5-3-6-18(13-15)14-20(23)21-12-4-7-17-8-10-19(11-9-17)16(2)22/h3,5-6,8-11,13H,12,14H2,1-2H3,(H,21,23). The highest BCUT2D eigenvalue weighted by atomic mass is 16.1. The van der Waals surface area contributed by atoms with E-state index in [1.165, 1.54) is 6.92 Å². The summed E-state index contributed by atoms with van der Waals surface area (Å²) in [5.74, 6) is 5.87. The summed E-state index contributed by atoms with van der Waals surface area (Å²) in [6.07, 6.45) is 0.358. The van der Waals surface area contributed by atoms with E-state index in [-0.39, 0.29) is 11.7 Å². The van der Waals surface area contributed by atoms with Crippen LogP contribution >= 0.6 is 0 Å². The summed E-state index contributed by atoms with van der Waals surface area (Å²) < 4.78 is 0. The molecule has 0 heterocycles. The predicted molar refractivity (Wildman–Crippen MR) is 91.2 cm³/mol. The third-order valence-electron chi connectivity index (χ3n) is 3.35. The van der Waals surface area contributed by atoms with Gasteiger partial charge >= 0.3 is 0 Å². The van der Waals surface area contributed by atoms with Gasteiger partial charge in [0.1, 0.15) is 0 Å². The topological polar surface area (TPSA) is 46.2 Å². The predicted octanol–water partition coefficient (Wildman–Crippen LogP) is 2.91. The zero-order valence-electron chi connectivity index (χ0n) is 13.3. The van der Waals surface area contributed by atoms with E-state index in [1.54, 1.807) is 24.3 Å². The van der Waals surface area contributed by atoms with Crippen molar-refractivity contribution in [3.05, 3.63) is 70.8 Å². The summed E-state index contributed by atoms with van der Waals surface area (Å²) >= 11 is 0. The number of carbonyl (C=O) groups is 2. The lowest BCUT2D eigenvalue weighted by Crippen LogP contribution is -2.25. The molecule has 0 saturated heterocycles. The van der Waals surface area contributed by atoms with Gasteiger partial charge in [0.05, 0.1) is 13.0 Å². The zero-order valence-corrected chi connectivity index (χ0v) is 13.3. The first-order valence-electron chi connectivity index (χ1n) is 7.47. The molecule has 0 aliphatic heterocycles. The quantitative estimate of drug-likeness (QED) is 0.697. The Morgan fingerprint density at radius 2 is 1.83 bits per heavy atom. The zero-order chi connectivity index (χ0) is 16.7. The number of carbonyl (C=O) groups excluding carboxylic acids is 2. The summed E-state index contributed by atoms with van der Waals surface area (Å²) in [5.41, 5.74) is 3.63. The Morgan fingerprint density at radius 3 is 2.48 bits per heavy atom. The minimum atomic E-state index is -0.0446. The highest BCUT2D eigenvalue weighted by Crippen LogP contribution is 2.05. The van der Waals surface area contributed by atoms with Gasteiger partial charge in [-0.05, 0) is 31.5 Å². The van der Waals surface area contributed by atoms with Crippen LogP contribution in [0.2, 0.25) is 0 Å². The maximum Gasteiger partial charge on any atom is 0.225 e. The minimum absolute atomic E-state index is 0.0351. The van der Waals surface area contributed by atoms with Crippen LogP contribution in [0.3, 0.4) is 0 Å². The molecule has 0 atom stereocenters. The van der Waals surface area contributed by atoms with Crippen LogP contribution in [-0.2, 0) is 11.2 Å². The van der Waals surface area contributed by atoms with E-state index in [0.717, 1.165) is 16.7 Å². The molecule has 1 N–H and O–H groups in total. The number of rotatable bonds is 4. The van der Waals surface area contributed by atoms with Gasteiger partial charge in [0.2, 0.25) is 5.91 Å². The fraction of sp³-hybridized carbons (Fsp3) is 0.200. The number of nitrogens with one attached hydrogen (secondary N) is 1. The molecule has 0 spiro atoms. The van der Waals surface area contributed by atoms with Gasteiger partial charge in [-0.15, -0.1) is 0 Å². The number of benzene rings is 2. The second-order valence-electron chi connectivity index (χ2n) is 5.38. The number of hydrogen-bond donors (Lipinski definition) is 1. The van der Waals surface area contributed by atoms with Crippen molar-refractivity contribution in [2.45, 2.75) is 20.3 Å². The lowest BCUT2D eigenvalue weighted by atomic mass is 10.1. The second-order valence-corrected chi connectivity index (χ2v) is 5.38. The largest absolute Gasteiger partial charge is 0.345 e. The summed E-state index contributed by atoms with van der Waals surface area (Å²) in [7, 11) is 0. The molecule has 2 aromatic rings. The molecule has 2 rings (SSSR count). The van der Waals surface area contributed by atoms with Gasteiger partial charge in [-0.2, -0.15) is 0 Å². The molecule has 3 heteroatoms. The first kappa shape index (κ1) is 16.5. The van der Waals surface area contributed by atoms with Crippen molar-refractivity contribution in [2.75, 3.05) is 6.54 Å². The molecule has 23 heavy (non-hydrogen) atoms. The minimum Gasteiger partial charge on any atom is -0.345 e. The lowest BCUT2D eigenvalue weighted by molar-refractivity contribution is -0.120. The van der Waals surface area contributed by atoms with E-state index in [9.17, 15) is 9.59 Å². The van der Waals surface area contributed by atoms with Gasteiger partial charge in [-0.3, -0.25) is 9.59 Å². The number of aryl methyl sites for hydroxylation is 1. The maximum atomic E-state index is 11.8. The maximum absolute atomic E-state index is 11.8. The fourth-order valence-corrected chi connectivity index (χ4v) is 2.15. The molecule has 0 aliphatic rings. The normalized spacial score (nSPS) is 9.65. The van der Waals surface area contributed by atoms with Crippen LogP contribution in [0, 0.1) is 18.8 Å². The molecular weight excluding hydrogens is 286 g/mol. The molecule has 0 aromatic heterocycles. The molecule has 0 saturated carbocycles. The highest BCUT2D eigenvalue weighted by molar-refractivity contribution is 5.94. The molecular formula is C20H19NO2. The molecule has 1 amide bonds. The number of hydrogen-bond acceptors (Lipinski definition) is 2. The average Bonchev–Trinajstić information content (AvgIpc) is 2.52. The molecule has 0 unspecified atom stereocenters. The highest BCUT2D eigenvalue weighted by Gasteiger charge is 2.01. The van der Waals surface area contributed by atoms with Gasteiger partial charge < -0.3 is 5.32 Å².